The van der Waals surface area contributed by atoms with Crippen LogP contribution >= 0.6 is 0 Å². The molecule has 0 bridgehead atoms. The molecule has 2 amide bonds. The molecule has 0 N–H and O–H groups in total. The number of carbonyl (C=O) groups excluding carboxylic acids is 2. The third-order valence-corrected chi connectivity index (χ3v) is 8.48. The lowest BCUT2D eigenvalue weighted by Gasteiger charge is -2.34. The minimum absolute atomic E-state index is 0.00395. The second kappa shape index (κ2) is 10.6. The Kier molecular flexibility index (Phi) is 7.06. The van der Waals surface area contributed by atoms with Crippen LogP contribution in [0.4, 0.5) is 19.0 Å². The average Bonchev–Trinajstić information content (AvgIpc) is 3.68. The lowest BCUT2D eigenvalue weighted by molar-refractivity contribution is 0.0742. The summed E-state index contributed by atoms with van der Waals surface area (Å²) >= 11 is 0. The molecule has 2 unspecified atom stereocenters. The number of aliphatic imine (C=N–C) groups is 1. The number of imidazole rings is 1. The van der Waals surface area contributed by atoms with Crippen molar-refractivity contribution >= 4 is 23.6 Å². The highest BCUT2D eigenvalue weighted by molar-refractivity contribution is 6.18. The standard InChI is InChI=1S/C31H33F3N6O2/c1-5-37-30(42)26-28(40-16-25(17(2)3)35-31(37)40)39(15-20-8-10-21(32)14-24(20)34)27(36-26)19-9-11-23(33)22(13-19)29(41)38-12-6-7-18(38)4/h8-11,13-14,17-18,25H,5-7,12,15-16H2,1-4H3. The molecule has 3 aliphatic rings. The largest absolute Gasteiger partial charge is 0.336 e. The maximum Gasteiger partial charge on any atom is 0.283 e. The Labute approximate surface area is 242 Å². The summed E-state index contributed by atoms with van der Waals surface area (Å²) in [5.41, 5.74) is 0.651. The summed E-state index contributed by atoms with van der Waals surface area (Å²) in [4.78, 5) is 41.9. The zero-order valence-electron chi connectivity index (χ0n) is 24.1. The fraction of sp³-hybridized carbons (Fsp3) is 0.419. The SMILES string of the molecule is CCN1C(=O)c2nc(-c3ccc(F)c(C(=O)N4CCCC4C)c3)n(Cc3ccc(F)cc3F)c2N2CC(C(C)C)N=C12. The molecule has 6 rings (SSSR count). The molecule has 220 valence electrons. The van der Waals surface area contributed by atoms with Crippen LogP contribution < -0.4 is 4.90 Å². The Hall–Kier alpha value is -4.15. The summed E-state index contributed by atoms with van der Waals surface area (Å²) in [6.07, 6.45) is 1.70. The summed E-state index contributed by atoms with van der Waals surface area (Å²) in [5.74, 6) is -1.45. The number of benzene rings is 2. The molecule has 0 spiro atoms. The van der Waals surface area contributed by atoms with Crippen LogP contribution in [0.2, 0.25) is 0 Å². The Morgan fingerprint density at radius 3 is 2.55 bits per heavy atom. The van der Waals surface area contributed by atoms with Crippen molar-refractivity contribution in [2.75, 3.05) is 24.5 Å². The van der Waals surface area contributed by atoms with E-state index in [-0.39, 0.29) is 53.1 Å². The number of likely N-dealkylation sites (tertiary alicyclic amines) is 1. The first-order valence-corrected chi connectivity index (χ1v) is 14.4. The molecule has 1 saturated heterocycles. The smallest absolute Gasteiger partial charge is 0.283 e. The quantitative estimate of drug-likeness (QED) is 0.397. The van der Waals surface area contributed by atoms with Gasteiger partial charge in [-0.1, -0.05) is 19.9 Å². The van der Waals surface area contributed by atoms with Crippen LogP contribution in [-0.4, -0.2) is 68.8 Å². The number of hydrogen-bond donors (Lipinski definition) is 0. The van der Waals surface area contributed by atoms with Crippen molar-refractivity contribution in [2.24, 2.45) is 10.9 Å². The van der Waals surface area contributed by atoms with Crippen LogP contribution in [0, 0.1) is 23.4 Å². The van der Waals surface area contributed by atoms with Gasteiger partial charge in [-0.15, -0.1) is 0 Å². The molecule has 2 atom stereocenters. The first-order chi connectivity index (χ1) is 20.1. The third-order valence-electron chi connectivity index (χ3n) is 8.48. The van der Waals surface area contributed by atoms with E-state index in [0.717, 1.165) is 18.9 Å². The van der Waals surface area contributed by atoms with E-state index in [9.17, 15) is 18.4 Å². The maximum absolute atomic E-state index is 15.1. The summed E-state index contributed by atoms with van der Waals surface area (Å²) in [7, 11) is 0. The monoisotopic (exact) mass is 578 g/mol. The highest BCUT2D eigenvalue weighted by Crippen LogP contribution is 2.38. The molecule has 3 aromatic rings. The highest BCUT2D eigenvalue weighted by atomic mass is 19.1. The van der Waals surface area contributed by atoms with E-state index < -0.39 is 23.4 Å². The molecule has 4 heterocycles. The van der Waals surface area contributed by atoms with Crippen molar-refractivity contribution in [3.63, 3.8) is 0 Å². The van der Waals surface area contributed by atoms with Gasteiger partial charge in [-0.2, -0.15) is 0 Å². The predicted octanol–water partition coefficient (Wildman–Crippen LogP) is 5.32. The van der Waals surface area contributed by atoms with Crippen molar-refractivity contribution in [3.8, 4) is 11.4 Å². The van der Waals surface area contributed by atoms with Crippen LogP contribution in [0.3, 0.4) is 0 Å². The first kappa shape index (κ1) is 28.0. The number of guanidine groups is 1. The Bertz CT molecular complexity index is 1620. The number of halogens is 3. The van der Waals surface area contributed by atoms with Crippen molar-refractivity contribution in [1.82, 2.24) is 19.4 Å². The molecular weight excluding hydrogens is 545 g/mol. The molecule has 42 heavy (non-hydrogen) atoms. The second-order valence-corrected chi connectivity index (χ2v) is 11.5. The lowest BCUT2D eigenvalue weighted by Crippen LogP contribution is -2.50. The van der Waals surface area contributed by atoms with Crippen molar-refractivity contribution < 1.29 is 22.8 Å². The number of amides is 2. The van der Waals surface area contributed by atoms with Crippen LogP contribution in [0.25, 0.3) is 11.4 Å². The van der Waals surface area contributed by atoms with E-state index in [0.29, 0.717) is 37.0 Å². The van der Waals surface area contributed by atoms with Crippen LogP contribution in [0.5, 0.6) is 0 Å². The minimum Gasteiger partial charge on any atom is -0.336 e. The van der Waals surface area contributed by atoms with E-state index >= 15 is 4.39 Å². The number of fused-ring (bicyclic) bond motifs is 3. The fourth-order valence-corrected chi connectivity index (χ4v) is 6.06. The second-order valence-electron chi connectivity index (χ2n) is 11.5. The van der Waals surface area contributed by atoms with Crippen molar-refractivity contribution in [3.05, 3.63) is 70.7 Å². The molecule has 8 nitrogen and oxygen atoms in total. The molecule has 0 radical (unpaired) electrons. The molecule has 11 heteroatoms. The van der Waals surface area contributed by atoms with Gasteiger partial charge < -0.3 is 9.47 Å². The van der Waals surface area contributed by atoms with Crippen molar-refractivity contribution in [1.29, 1.82) is 0 Å². The molecule has 0 aliphatic carbocycles. The zero-order valence-corrected chi connectivity index (χ0v) is 24.1. The number of rotatable bonds is 6. The van der Waals surface area contributed by atoms with Gasteiger partial charge in [0.15, 0.2) is 5.69 Å². The van der Waals surface area contributed by atoms with Gasteiger partial charge in [0.2, 0.25) is 5.96 Å². The van der Waals surface area contributed by atoms with E-state index in [2.05, 4.69) is 13.8 Å². The maximum atomic E-state index is 15.1. The van der Waals surface area contributed by atoms with E-state index in [1.54, 1.807) is 14.4 Å². The Morgan fingerprint density at radius 2 is 1.88 bits per heavy atom. The normalized spacial score (nSPS) is 20.0. The van der Waals surface area contributed by atoms with E-state index in [1.165, 1.54) is 30.3 Å². The summed E-state index contributed by atoms with van der Waals surface area (Å²) < 4.78 is 45.5. The summed E-state index contributed by atoms with van der Waals surface area (Å²) in [6.45, 7) is 9.24. The zero-order chi connectivity index (χ0) is 29.9. The number of nitrogens with zero attached hydrogens (tertiary/aromatic N) is 6. The van der Waals surface area contributed by atoms with Gasteiger partial charge in [-0.25, -0.2) is 23.1 Å². The van der Waals surface area contributed by atoms with Crippen LogP contribution in [0.1, 0.15) is 66.9 Å². The molecule has 2 aromatic carbocycles. The molecular formula is C31H33F3N6O2. The van der Waals surface area contributed by atoms with Crippen molar-refractivity contribution in [2.45, 2.75) is 59.2 Å². The highest BCUT2D eigenvalue weighted by Gasteiger charge is 2.44. The van der Waals surface area contributed by atoms with Gasteiger partial charge in [0.25, 0.3) is 11.8 Å². The van der Waals surface area contributed by atoms with Gasteiger partial charge in [-0.05, 0) is 56.9 Å². The van der Waals surface area contributed by atoms with Gasteiger partial charge >= 0.3 is 0 Å². The first-order valence-electron chi connectivity index (χ1n) is 14.4. The van der Waals surface area contributed by atoms with Gasteiger partial charge in [0.1, 0.15) is 29.1 Å². The average molecular weight is 579 g/mol. The molecule has 3 aliphatic heterocycles. The van der Waals surface area contributed by atoms with Gasteiger partial charge in [-0.3, -0.25) is 19.4 Å². The number of anilines is 1. The molecule has 0 saturated carbocycles. The van der Waals surface area contributed by atoms with E-state index in [4.69, 9.17) is 9.98 Å². The number of aromatic nitrogens is 2. The fourth-order valence-electron chi connectivity index (χ4n) is 6.06. The topological polar surface area (TPSA) is 74.0 Å². The Balaban J connectivity index is 1.53. The van der Waals surface area contributed by atoms with Crippen LogP contribution in [-0.2, 0) is 6.54 Å². The van der Waals surface area contributed by atoms with Gasteiger partial charge in [0, 0.05) is 36.3 Å². The van der Waals surface area contributed by atoms with Crippen LogP contribution in [0.15, 0.2) is 41.4 Å². The third kappa shape index (κ3) is 4.55. The molecule has 1 fully saturated rings. The minimum atomic E-state index is -0.742. The number of carbonyl (C=O) groups is 2. The predicted molar refractivity (Wildman–Crippen MR) is 153 cm³/mol. The molecule has 1 aromatic heterocycles. The Morgan fingerprint density at radius 1 is 1.10 bits per heavy atom. The van der Waals surface area contributed by atoms with E-state index in [1.807, 2.05) is 18.7 Å². The lowest BCUT2D eigenvalue weighted by atomic mass is 10.1. The van der Waals surface area contributed by atoms with Gasteiger partial charge in [0.05, 0.1) is 24.7 Å². The summed E-state index contributed by atoms with van der Waals surface area (Å²) in [6, 6.07) is 7.43. The summed E-state index contributed by atoms with van der Waals surface area (Å²) in [5, 5.41) is 0. The number of hydrogen-bond acceptors (Lipinski definition) is 5.